The van der Waals surface area contributed by atoms with E-state index in [0.29, 0.717) is 36.5 Å². The van der Waals surface area contributed by atoms with Gasteiger partial charge >= 0.3 is 5.97 Å². The van der Waals surface area contributed by atoms with Gasteiger partial charge in [-0.15, -0.1) is 0 Å². The van der Waals surface area contributed by atoms with Gasteiger partial charge in [-0.1, -0.05) is 12.1 Å². The lowest BCUT2D eigenvalue weighted by Gasteiger charge is -2.23. The Bertz CT molecular complexity index is 785. The van der Waals surface area contributed by atoms with Gasteiger partial charge in [-0.2, -0.15) is 0 Å². The maximum atomic E-state index is 13.8. The molecule has 1 saturated heterocycles. The summed E-state index contributed by atoms with van der Waals surface area (Å²) in [6.45, 7) is 2.24. The van der Waals surface area contributed by atoms with Gasteiger partial charge in [-0.05, 0) is 37.6 Å². The number of carboxylic acids is 1. The van der Waals surface area contributed by atoms with Crippen LogP contribution in [0.4, 0.5) is 4.39 Å². The monoisotopic (exact) mass is 345 g/mol. The van der Waals surface area contributed by atoms with E-state index in [9.17, 15) is 14.0 Å². The molecule has 1 fully saturated rings. The van der Waals surface area contributed by atoms with Crippen LogP contribution >= 0.6 is 0 Å². The van der Waals surface area contributed by atoms with Crippen molar-refractivity contribution in [2.45, 2.75) is 32.2 Å². The summed E-state index contributed by atoms with van der Waals surface area (Å²) >= 11 is 0. The van der Waals surface area contributed by atoms with Crippen LogP contribution in [0.2, 0.25) is 0 Å². The van der Waals surface area contributed by atoms with Crippen molar-refractivity contribution in [3.8, 4) is 11.3 Å². The van der Waals surface area contributed by atoms with Crippen LogP contribution in [0.3, 0.4) is 0 Å². The number of furan rings is 1. The lowest BCUT2D eigenvalue weighted by Crippen LogP contribution is -2.37. The number of benzene rings is 1. The number of aryl methyl sites for hydroxylation is 1. The predicted octanol–water partition coefficient (Wildman–Crippen LogP) is 3.34. The van der Waals surface area contributed by atoms with Crippen molar-refractivity contribution in [2.75, 3.05) is 6.54 Å². The molecule has 132 valence electrons. The van der Waals surface area contributed by atoms with Crippen LogP contribution in [-0.2, 0) is 16.0 Å². The van der Waals surface area contributed by atoms with E-state index in [1.54, 1.807) is 42.2 Å². The Labute approximate surface area is 145 Å². The van der Waals surface area contributed by atoms with E-state index >= 15 is 0 Å². The van der Waals surface area contributed by atoms with Crippen LogP contribution < -0.4 is 0 Å². The summed E-state index contributed by atoms with van der Waals surface area (Å²) < 4.78 is 19.4. The molecular formula is C19H20FNO4. The lowest BCUT2D eigenvalue weighted by atomic mass is 10.0. The van der Waals surface area contributed by atoms with Crippen molar-refractivity contribution in [3.63, 3.8) is 0 Å². The van der Waals surface area contributed by atoms with Gasteiger partial charge < -0.3 is 14.4 Å². The van der Waals surface area contributed by atoms with E-state index in [1.807, 2.05) is 0 Å². The molecule has 2 aromatic rings. The SMILES string of the molecule is CC1C(C(=O)O)CCN1C(=O)CCc1ccc(-c2ccccc2F)o1. The highest BCUT2D eigenvalue weighted by atomic mass is 19.1. The van der Waals surface area contributed by atoms with Gasteiger partial charge in [0.25, 0.3) is 0 Å². The minimum Gasteiger partial charge on any atom is -0.481 e. The van der Waals surface area contributed by atoms with Crippen LogP contribution in [-0.4, -0.2) is 34.5 Å². The maximum Gasteiger partial charge on any atom is 0.308 e. The molecule has 1 aromatic heterocycles. The number of halogens is 1. The summed E-state index contributed by atoms with van der Waals surface area (Å²) in [7, 11) is 0. The second-order valence-corrected chi connectivity index (χ2v) is 6.31. The molecule has 0 bridgehead atoms. The topological polar surface area (TPSA) is 70.8 Å². The van der Waals surface area contributed by atoms with E-state index in [0.717, 1.165) is 0 Å². The molecule has 3 rings (SSSR count). The molecule has 25 heavy (non-hydrogen) atoms. The van der Waals surface area contributed by atoms with Crippen molar-refractivity contribution in [2.24, 2.45) is 5.92 Å². The summed E-state index contributed by atoms with van der Waals surface area (Å²) in [6.07, 6.45) is 1.12. The quantitative estimate of drug-likeness (QED) is 0.902. The van der Waals surface area contributed by atoms with Crippen molar-refractivity contribution in [1.82, 2.24) is 4.90 Å². The van der Waals surface area contributed by atoms with Gasteiger partial charge in [0.2, 0.25) is 5.91 Å². The Hall–Kier alpha value is -2.63. The van der Waals surface area contributed by atoms with Crippen molar-refractivity contribution >= 4 is 11.9 Å². The Morgan fingerprint density at radius 3 is 2.72 bits per heavy atom. The van der Waals surface area contributed by atoms with Crippen LogP contribution in [0.5, 0.6) is 0 Å². The fraction of sp³-hybridized carbons (Fsp3) is 0.368. The minimum atomic E-state index is -0.858. The summed E-state index contributed by atoms with van der Waals surface area (Å²) in [5.41, 5.74) is 0.387. The van der Waals surface area contributed by atoms with Gasteiger partial charge in [0.05, 0.1) is 11.5 Å². The molecule has 1 aliphatic heterocycles. The Morgan fingerprint density at radius 2 is 2.04 bits per heavy atom. The molecule has 1 aliphatic rings. The standard InChI is InChI=1S/C19H20FNO4/c1-12-14(19(23)24)10-11-21(12)18(22)9-7-13-6-8-17(25-13)15-4-2-3-5-16(15)20/h2-6,8,12,14H,7,9-11H2,1H3,(H,23,24). The Kier molecular flexibility index (Phi) is 4.88. The number of hydrogen-bond acceptors (Lipinski definition) is 3. The number of likely N-dealkylation sites (tertiary alicyclic amines) is 1. The molecule has 2 atom stereocenters. The number of amides is 1. The Balaban J connectivity index is 1.60. The smallest absolute Gasteiger partial charge is 0.308 e. The highest BCUT2D eigenvalue weighted by Crippen LogP contribution is 2.27. The average Bonchev–Trinajstić information content (AvgIpc) is 3.20. The first-order chi connectivity index (χ1) is 12.0. The number of hydrogen-bond donors (Lipinski definition) is 1. The molecular weight excluding hydrogens is 325 g/mol. The molecule has 0 saturated carbocycles. The van der Waals surface area contributed by atoms with Gasteiger partial charge in [0, 0.05) is 25.4 Å². The first-order valence-electron chi connectivity index (χ1n) is 8.33. The molecule has 2 heterocycles. The van der Waals surface area contributed by atoms with Crippen LogP contribution in [0, 0.1) is 11.7 Å². The zero-order valence-corrected chi connectivity index (χ0v) is 13.9. The largest absolute Gasteiger partial charge is 0.481 e. The van der Waals surface area contributed by atoms with Gasteiger partial charge in [-0.25, -0.2) is 4.39 Å². The number of nitrogens with zero attached hydrogens (tertiary/aromatic N) is 1. The third-order valence-electron chi connectivity index (χ3n) is 4.78. The van der Waals surface area contributed by atoms with Gasteiger partial charge in [-0.3, -0.25) is 9.59 Å². The fourth-order valence-corrected chi connectivity index (χ4v) is 3.31. The first-order valence-corrected chi connectivity index (χ1v) is 8.33. The number of carboxylic acid groups (broad SMARTS) is 1. The van der Waals surface area contributed by atoms with Crippen LogP contribution in [0.25, 0.3) is 11.3 Å². The van der Waals surface area contributed by atoms with E-state index in [2.05, 4.69) is 0 Å². The highest BCUT2D eigenvalue weighted by molar-refractivity contribution is 5.79. The van der Waals surface area contributed by atoms with E-state index in [-0.39, 0.29) is 24.2 Å². The van der Waals surface area contributed by atoms with Crippen molar-refractivity contribution in [3.05, 3.63) is 48.0 Å². The molecule has 0 aliphatic carbocycles. The van der Waals surface area contributed by atoms with Crippen molar-refractivity contribution in [1.29, 1.82) is 0 Å². The lowest BCUT2D eigenvalue weighted by molar-refractivity contribution is -0.143. The summed E-state index contributed by atoms with van der Waals surface area (Å²) in [5.74, 6) is -0.761. The number of carbonyl (C=O) groups is 2. The summed E-state index contributed by atoms with van der Waals surface area (Å²) in [6, 6.07) is 9.49. The van der Waals surface area contributed by atoms with E-state index < -0.39 is 11.9 Å². The van der Waals surface area contributed by atoms with E-state index in [1.165, 1.54) is 6.07 Å². The molecule has 1 amide bonds. The van der Waals surface area contributed by atoms with Gasteiger partial charge in [0.15, 0.2) is 0 Å². The molecule has 1 aromatic carbocycles. The molecule has 2 unspecified atom stereocenters. The minimum absolute atomic E-state index is 0.0832. The van der Waals surface area contributed by atoms with Crippen LogP contribution in [0.15, 0.2) is 40.8 Å². The average molecular weight is 345 g/mol. The second-order valence-electron chi connectivity index (χ2n) is 6.31. The Morgan fingerprint density at radius 1 is 1.28 bits per heavy atom. The summed E-state index contributed by atoms with van der Waals surface area (Å²) in [5, 5.41) is 9.14. The highest BCUT2D eigenvalue weighted by Gasteiger charge is 2.37. The summed E-state index contributed by atoms with van der Waals surface area (Å²) in [4.78, 5) is 25.1. The number of aliphatic carboxylic acids is 1. The van der Waals surface area contributed by atoms with Gasteiger partial charge in [0.1, 0.15) is 17.3 Å². The predicted molar refractivity (Wildman–Crippen MR) is 89.3 cm³/mol. The van der Waals surface area contributed by atoms with E-state index in [4.69, 9.17) is 9.52 Å². The maximum absolute atomic E-state index is 13.8. The second kappa shape index (κ2) is 7.09. The van der Waals surface area contributed by atoms with Crippen molar-refractivity contribution < 1.29 is 23.5 Å². The van der Waals surface area contributed by atoms with Crippen LogP contribution in [0.1, 0.15) is 25.5 Å². The molecule has 6 heteroatoms. The number of rotatable bonds is 5. The molecule has 1 N–H and O–H groups in total. The third kappa shape index (κ3) is 3.57. The number of carbonyl (C=O) groups excluding carboxylic acids is 1. The zero-order valence-electron chi connectivity index (χ0n) is 13.9. The third-order valence-corrected chi connectivity index (χ3v) is 4.78. The fourth-order valence-electron chi connectivity index (χ4n) is 3.31. The zero-order chi connectivity index (χ0) is 18.0. The molecule has 0 radical (unpaired) electrons. The molecule has 0 spiro atoms. The normalized spacial score (nSPS) is 20.0. The first kappa shape index (κ1) is 17.2. The molecule has 5 nitrogen and oxygen atoms in total.